The molecule has 0 aliphatic carbocycles. The molecule has 0 bridgehead atoms. The Morgan fingerprint density at radius 3 is 2.25 bits per heavy atom. The van der Waals surface area contributed by atoms with E-state index in [4.69, 9.17) is 4.84 Å². The van der Waals surface area contributed by atoms with Gasteiger partial charge in [-0.25, -0.2) is 0 Å². The lowest BCUT2D eigenvalue weighted by Crippen LogP contribution is -2.61. The molecule has 0 amide bonds. The van der Waals surface area contributed by atoms with Crippen molar-refractivity contribution in [2.75, 3.05) is 6.61 Å². The molecule has 0 spiro atoms. The van der Waals surface area contributed by atoms with Gasteiger partial charge in [0.2, 0.25) is 0 Å². The van der Waals surface area contributed by atoms with E-state index in [0.717, 1.165) is 6.29 Å². The molecule has 1 aliphatic rings. The fourth-order valence-corrected chi connectivity index (χ4v) is 2.75. The minimum Gasteiger partial charge on any atom is -0.393 e. The van der Waals surface area contributed by atoms with Gasteiger partial charge >= 0.3 is 0 Å². The highest BCUT2D eigenvalue weighted by molar-refractivity contribution is 5.49. The minimum absolute atomic E-state index is 0.204. The van der Waals surface area contributed by atoms with Crippen molar-refractivity contribution in [2.24, 2.45) is 0 Å². The molecule has 1 aliphatic heterocycles. The van der Waals surface area contributed by atoms with E-state index in [-0.39, 0.29) is 17.2 Å². The van der Waals surface area contributed by atoms with Gasteiger partial charge in [0.25, 0.3) is 0 Å². The molecule has 4 nitrogen and oxygen atoms in total. The van der Waals surface area contributed by atoms with Crippen LogP contribution in [0.4, 0.5) is 0 Å². The largest absolute Gasteiger partial charge is 0.393 e. The molecule has 1 saturated heterocycles. The van der Waals surface area contributed by atoms with E-state index < -0.39 is 0 Å². The third-order valence-corrected chi connectivity index (χ3v) is 3.03. The molecular weight excluding hydrogens is 206 g/mol. The van der Waals surface area contributed by atoms with Gasteiger partial charge in [0.1, 0.15) is 6.29 Å². The van der Waals surface area contributed by atoms with Gasteiger partial charge in [0.05, 0.1) is 12.7 Å². The zero-order chi connectivity index (χ0) is 12.4. The summed E-state index contributed by atoms with van der Waals surface area (Å²) in [7, 11) is 0. The summed E-state index contributed by atoms with van der Waals surface area (Å²) in [6, 6.07) is 0. The number of rotatable bonds is 4. The highest BCUT2D eigenvalue weighted by atomic mass is 16.7. The topological polar surface area (TPSA) is 49.8 Å². The van der Waals surface area contributed by atoms with Crippen molar-refractivity contribution in [2.45, 2.75) is 64.1 Å². The summed E-state index contributed by atoms with van der Waals surface area (Å²) in [6.45, 7) is 8.62. The van der Waals surface area contributed by atoms with Crippen molar-refractivity contribution < 1.29 is 14.7 Å². The summed E-state index contributed by atoms with van der Waals surface area (Å²) in [5.74, 6) is 0. The van der Waals surface area contributed by atoms with E-state index in [1.54, 1.807) is 0 Å². The first-order valence-electron chi connectivity index (χ1n) is 5.84. The van der Waals surface area contributed by atoms with Gasteiger partial charge in [-0.05, 0) is 40.5 Å². The van der Waals surface area contributed by atoms with Crippen LogP contribution < -0.4 is 0 Å². The summed E-state index contributed by atoms with van der Waals surface area (Å²) >= 11 is 0. The van der Waals surface area contributed by atoms with Crippen LogP contribution in [0.15, 0.2) is 0 Å². The van der Waals surface area contributed by atoms with Gasteiger partial charge in [-0.2, -0.15) is 5.06 Å². The van der Waals surface area contributed by atoms with Gasteiger partial charge in [-0.1, -0.05) is 0 Å². The first-order chi connectivity index (χ1) is 7.29. The van der Waals surface area contributed by atoms with Gasteiger partial charge in [-0.3, -0.25) is 4.84 Å². The Morgan fingerprint density at radius 1 is 1.31 bits per heavy atom. The molecule has 0 unspecified atom stereocenters. The number of hydroxylamine groups is 2. The molecule has 0 atom stereocenters. The summed E-state index contributed by atoms with van der Waals surface area (Å²) < 4.78 is 0. The van der Waals surface area contributed by atoms with E-state index in [0.29, 0.717) is 25.9 Å². The van der Waals surface area contributed by atoms with Crippen LogP contribution in [-0.4, -0.2) is 40.2 Å². The van der Waals surface area contributed by atoms with E-state index in [1.165, 1.54) is 0 Å². The lowest BCUT2D eigenvalue weighted by Gasteiger charge is -2.52. The lowest BCUT2D eigenvalue weighted by atomic mass is 9.80. The number of hydrogen-bond donors (Lipinski definition) is 1. The molecule has 4 heteroatoms. The SMILES string of the molecule is CC1(C)CC(O)CC(C)(C)N1OCCC=O. The van der Waals surface area contributed by atoms with Crippen LogP contribution in [-0.2, 0) is 9.63 Å². The Kier molecular flexibility index (Phi) is 4.10. The predicted octanol–water partition coefficient (Wildman–Crippen LogP) is 1.52. The van der Waals surface area contributed by atoms with Crippen LogP contribution in [0, 0.1) is 0 Å². The lowest BCUT2D eigenvalue weighted by molar-refractivity contribution is -0.291. The average Bonchev–Trinajstić information content (AvgIpc) is 2.07. The normalized spacial score (nSPS) is 25.6. The van der Waals surface area contributed by atoms with Gasteiger partial charge < -0.3 is 9.90 Å². The molecular formula is C12H23NO3. The fraction of sp³-hybridized carbons (Fsp3) is 0.917. The zero-order valence-electron chi connectivity index (χ0n) is 10.7. The first kappa shape index (κ1) is 13.6. The number of carbonyl (C=O) groups is 1. The Balaban J connectivity index is 2.72. The molecule has 94 valence electrons. The van der Waals surface area contributed by atoms with Crippen LogP contribution >= 0.6 is 0 Å². The third kappa shape index (κ3) is 3.03. The van der Waals surface area contributed by atoms with Crippen molar-refractivity contribution in [1.82, 2.24) is 5.06 Å². The number of aliphatic hydroxyl groups excluding tert-OH is 1. The quantitative estimate of drug-likeness (QED) is 0.586. The van der Waals surface area contributed by atoms with Crippen LogP contribution in [0.2, 0.25) is 0 Å². The molecule has 0 saturated carbocycles. The second-order valence-electron chi connectivity index (χ2n) is 5.77. The minimum atomic E-state index is -0.282. The number of carbonyl (C=O) groups excluding carboxylic acids is 1. The monoisotopic (exact) mass is 229 g/mol. The maximum atomic E-state index is 10.3. The molecule has 0 aromatic heterocycles. The molecule has 0 radical (unpaired) electrons. The molecule has 1 rings (SSSR count). The van der Waals surface area contributed by atoms with Crippen molar-refractivity contribution in [3.05, 3.63) is 0 Å². The number of piperidine rings is 1. The maximum absolute atomic E-state index is 10.3. The highest BCUT2D eigenvalue weighted by Gasteiger charge is 2.45. The Labute approximate surface area is 97.5 Å². The van der Waals surface area contributed by atoms with Crippen molar-refractivity contribution in [3.63, 3.8) is 0 Å². The molecule has 0 aromatic rings. The second-order valence-corrected chi connectivity index (χ2v) is 5.77. The number of aldehydes is 1. The van der Waals surface area contributed by atoms with Gasteiger partial charge in [0, 0.05) is 17.5 Å². The molecule has 1 N–H and O–H groups in total. The van der Waals surface area contributed by atoms with Crippen molar-refractivity contribution in [1.29, 1.82) is 0 Å². The Bertz CT molecular complexity index is 233. The molecule has 1 fully saturated rings. The van der Waals surface area contributed by atoms with Crippen LogP contribution in [0.5, 0.6) is 0 Å². The Hall–Kier alpha value is -0.450. The van der Waals surface area contributed by atoms with Crippen molar-refractivity contribution >= 4 is 6.29 Å². The van der Waals surface area contributed by atoms with E-state index >= 15 is 0 Å². The fourth-order valence-electron chi connectivity index (χ4n) is 2.75. The van der Waals surface area contributed by atoms with Crippen LogP contribution in [0.3, 0.4) is 0 Å². The van der Waals surface area contributed by atoms with Gasteiger partial charge in [-0.15, -0.1) is 0 Å². The smallest absolute Gasteiger partial charge is 0.122 e. The van der Waals surface area contributed by atoms with E-state index in [2.05, 4.69) is 27.7 Å². The maximum Gasteiger partial charge on any atom is 0.122 e. The molecule has 0 aromatic carbocycles. The van der Waals surface area contributed by atoms with Crippen molar-refractivity contribution in [3.8, 4) is 0 Å². The van der Waals surface area contributed by atoms with Crippen LogP contribution in [0.1, 0.15) is 47.0 Å². The highest BCUT2D eigenvalue weighted by Crippen LogP contribution is 2.38. The summed E-state index contributed by atoms with van der Waals surface area (Å²) in [5, 5.41) is 11.8. The number of nitrogens with zero attached hydrogens (tertiary/aromatic N) is 1. The van der Waals surface area contributed by atoms with Crippen LogP contribution in [0.25, 0.3) is 0 Å². The molecule has 16 heavy (non-hydrogen) atoms. The predicted molar refractivity (Wildman–Crippen MR) is 61.9 cm³/mol. The summed E-state index contributed by atoms with van der Waals surface area (Å²) in [5.41, 5.74) is -0.409. The van der Waals surface area contributed by atoms with Gasteiger partial charge in [0.15, 0.2) is 0 Å². The summed E-state index contributed by atoms with van der Waals surface area (Å²) in [4.78, 5) is 16.0. The summed E-state index contributed by atoms with van der Waals surface area (Å²) in [6.07, 6.45) is 2.37. The molecule has 1 heterocycles. The zero-order valence-corrected chi connectivity index (χ0v) is 10.7. The number of hydrogen-bond acceptors (Lipinski definition) is 4. The van der Waals surface area contributed by atoms with E-state index in [1.807, 2.05) is 5.06 Å². The first-order valence-corrected chi connectivity index (χ1v) is 5.84. The van der Waals surface area contributed by atoms with E-state index in [9.17, 15) is 9.90 Å². The second kappa shape index (κ2) is 4.82. The average molecular weight is 229 g/mol. The number of aliphatic hydroxyl groups is 1. The standard InChI is InChI=1S/C12H23NO3/c1-11(2)8-10(15)9-12(3,4)13(11)16-7-5-6-14/h6,10,15H,5,7-9H2,1-4H3. The third-order valence-electron chi connectivity index (χ3n) is 3.03. The Morgan fingerprint density at radius 2 is 1.81 bits per heavy atom.